The Bertz CT molecular complexity index is 751. The average Bonchev–Trinajstić information content (AvgIpc) is 2.74. The normalized spacial score (nSPS) is 15.8. The number of piperidine rings is 1. The first kappa shape index (κ1) is 20.4. The topological polar surface area (TPSA) is 41.6 Å². The van der Waals surface area contributed by atoms with Gasteiger partial charge in [0.15, 0.2) is 0 Å². The summed E-state index contributed by atoms with van der Waals surface area (Å²) in [5, 5.41) is 3.16. The van der Waals surface area contributed by atoms with Crippen molar-refractivity contribution < 1.29 is 9.53 Å². The Hall–Kier alpha value is -2.33. The number of hydrogen-bond donors (Lipinski definition) is 1. The van der Waals surface area contributed by atoms with Crippen molar-refractivity contribution in [2.45, 2.75) is 45.6 Å². The van der Waals surface area contributed by atoms with Gasteiger partial charge in [0.1, 0.15) is 5.75 Å². The lowest BCUT2D eigenvalue weighted by molar-refractivity contribution is 0.0924. The number of nitrogens with zero attached hydrogens (tertiary/aromatic N) is 1. The van der Waals surface area contributed by atoms with E-state index in [4.69, 9.17) is 4.74 Å². The van der Waals surface area contributed by atoms with Crippen LogP contribution in [0.25, 0.3) is 0 Å². The third-order valence-corrected chi connectivity index (χ3v) is 5.32. The molecule has 28 heavy (non-hydrogen) atoms. The van der Waals surface area contributed by atoms with Crippen LogP contribution in [0.3, 0.4) is 0 Å². The van der Waals surface area contributed by atoms with E-state index < -0.39 is 0 Å². The molecule has 150 valence electrons. The Kier molecular flexibility index (Phi) is 7.49. The molecule has 2 aromatic carbocycles. The summed E-state index contributed by atoms with van der Waals surface area (Å²) in [5.41, 5.74) is 3.18. The molecule has 1 amide bonds. The lowest BCUT2D eigenvalue weighted by atomic mass is 10.0. The molecule has 1 saturated heterocycles. The first-order chi connectivity index (χ1) is 13.7. The van der Waals surface area contributed by atoms with Crippen LogP contribution in [0.5, 0.6) is 5.75 Å². The van der Waals surface area contributed by atoms with E-state index in [9.17, 15) is 4.79 Å². The minimum absolute atomic E-state index is 0.0453. The largest absolute Gasteiger partial charge is 0.494 e. The number of carbonyl (C=O) groups is 1. The zero-order chi connectivity index (χ0) is 19.8. The monoisotopic (exact) mass is 380 g/mol. The predicted octanol–water partition coefficient (Wildman–Crippen LogP) is 4.74. The van der Waals surface area contributed by atoms with Crippen LogP contribution < -0.4 is 10.1 Å². The van der Waals surface area contributed by atoms with E-state index in [-0.39, 0.29) is 11.9 Å². The van der Waals surface area contributed by atoms with Gasteiger partial charge in [-0.05, 0) is 63.0 Å². The maximum atomic E-state index is 12.8. The van der Waals surface area contributed by atoms with Crippen LogP contribution in [-0.2, 0) is 0 Å². The highest BCUT2D eigenvalue weighted by Crippen LogP contribution is 2.25. The molecule has 2 aromatic rings. The number of rotatable bonds is 8. The summed E-state index contributed by atoms with van der Waals surface area (Å²) in [6.45, 7) is 7.64. The van der Waals surface area contributed by atoms with Crippen LogP contribution in [0.15, 0.2) is 48.5 Å². The summed E-state index contributed by atoms with van der Waals surface area (Å²) >= 11 is 0. The molecule has 3 rings (SSSR count). The van der Waals surface area contributed by atoms with Gasteiger partial charge in [-0.25, -0.2) is 0 Å². The first-order valence-electron chi connectivity index (χ1n) is 10.5. The molecule has 0 saturated carbocycles. The quantitative estimate of drug-likeness (QED) is 0.719. The molecular weight excluding hydrogens is 348 g/mol. The molecule has 0 spiro atoms. The number of carbonyl (C=O) groups excluding carboxylic acids is 1. The van der Waals surface area contributed by atoms with Crippen LogP contribution in [0.1, 0.15) is 60.1 Å². The van der Waals surface area contributed by atoms with E-state index in [2.05, 4.69) is 48.3 Å². The van der Waals surface area contributed by atoms with Gasteiger partial charge in [0.25, 0.3) is 5.91 Å². The number of likely N-dealkylation sites (tertiary alicyclic amines) is 1. The fourth-order valence-electron chi connectivity index (χ4n) is 3.71. The highest BCUT2D eigenvalue weighted by molar-refractivity contribution is 5.94. The molecule has 0 unspecified atom stereocenters. The molecule has 1 atom stereocenters. The third-order valence-electron chi connectivity index (χ3n) is 5.32. The molecule has 1 aliphatic rings. The van der Waals surface area contributed by atoms with Crippen molar-refractivity contribution in [1.82, 2.24) is 10.2 Å². The lowest BCUT2D eigenvalue weighted by Crippen LogP contribution is -2.40. The van der Waals surface area contributed by atoms with Crippen LogP contribution in [0.2, 0.25) is 0 Å². The molecule has 1 N–H and O–H groups in total. The number of hydrogen-bond acceptors (Lipinski definition) is 3. The van der Waals surface area contributed by atoms with E-state index in [0.717, 1.165) is 25.3 Å². The fraction of sp³-hybridized carbons (Fsp3) is 0.458. The number of benzene rings is 2. The first-order valence-corrected chi connectivity index (χ1v) is 10.5. The van der Waals surface area contributed by atoms with Crippen molar-refractivity contribution in [3.63, 3.8) is 0 Å². The lowest BCUT2D eigenvalue weighted by Gasteiger charge is -2.35. The molecule has 4 heteroatoms. The van der Waals surface area contributed by atoms with Crippen molar-refractivity contribution >= 4 is 5.91 Å². The highest BCUT2D eigenvalue weighted by atomic mass is 16.5. The van der Waals surface area contributed by atoms with Gasteiger partial charge in [-0.3, -0.25) is 9.69 Å². The van der Waals surface area contributed by atoms with Crippen molar-refractivity contribution in [2.24, 2.45) is 0 Å². The number of nitrogens with one attached hydrogen (secondary N) is 1. The Balaban J connectivity index is 1.68. The molecule has 0 bridgehead atoms. The summed E-state index contributed by atoms with van der Waals surface area (Å²) < 4.78 is 5.66. The standard InChI is InChI=1S/C24H32N2O2/c1-3-16-28-22-9-7-8-21(17-22)24(27)25-18-23(26-14-5-4-6-15-26)20-12-10-19(2)11-13-20/h7-13,17,23H,3-6,14-16,18H2,1-2H3,(H,25,27)/t23-/m0/s1. The van der Waals surface area contributed by atoms with Crippen LogP contribution >= 0.6 is 0 Å². The second-order valence-electron chi connectivity index (χ2n) is 7.61. The van der Waals surface area contributed by atoms with E-state index in [1.807, 2.05) is 24.3 Å². The second kappa shape index (κ2) is 10.3. The van der Waals surface area contributed by atoms with E-state index in [1.165, 1.54) is 30.4 Å². The SMILES string of the molecule is CCCOc1cccc(C(=O)NC[C@@H](c2ccc(C)cc2)N2CCCCC2)c1. The summed E-state index contributed by atoms with van der Waals surface area (Å²) in [5.74, 6) is 0.705. The molecule has 1 aliphatic heterocycles. The maximum Gasteiger partial charge on any atom is 0.251 e. The average molecular weight is 381 g/mol. The second-order valence-corrected chi connectivity index (χ2v) is 7.61. The Morgan fingerprint density at radius 1 is 1.11 bits per heavy atom. The van der Waals surface area contributed by atoms with Crippen molar-refractivity contribution in [2.75, 3.05) is 26.2 Å². The predicted molar refractivity (Wildman–Crippen MR) is 114 cm³/mol. The summed E-state index contributed by atoms with van der Waals surface area (Å²) in [6.07, 6.45) is 4.71. The van der Waals surface area contributed by atoms with Gasteiger partial charge in [0.2, 0.25) is 0 Å². The van der Waals surface area contributed by atoms with Crippen LogP contribution in [0.4, 0.5) is 0 Å². The van der Waals surface area contributed by atoms with Crippen molar-refractivity contribution in [3.8, 4) is 5.75 Å². The fourth-order valence-corrected chi connectivity index (χ4v) is 3.71. The van der Waals surface area contributed by atoms with Crippen LogP contribution in [-0.4, -0.2) is 37.0 Å². The Labute approximate surface area is 168 Å². The molecule has 1 fully saturated rings. The summed E-state index contributed by atoms with van der Waals surface area (Å²) in [4.78, 5) is 15.3. The molecule has 0 aromatic heterocycles. The summed E-state index contributed by atoms with van der Waals surface area (Å²) in [6, 6.07) is 16.4. The molecular formula is C24H32N2O2. The molecule has 0 aliphatic carbocycles. The van der Waals surface area contributed by atoms with E-state index >= 15 is 0 Å². The third kappa shape index (κ3) is 5.59. The minimum atomic E-state index is -0.0453. The van der Waals surface area contributed by atoms with Crippen LogP contribution in [0, 0.1) is 6.92 Å². The number of aryl methyl sites for hydroxylation is 1. The zero-order valence-electron chi connectivity index (χ0n) is 17.1. The molecule has 0 radical (unpaired) electrons. The Morgan fingerprint density at radius 3 is 2.57 bits per heavy atom. The van der Waals surface area contributed by atoms with Gasteiger partial charge in [-0.1, -0.05) is 49.2 Å². The minimum Gasteiger partial charge on any atom is -0.494 e. The van der Waals surface area contributed by atoms with Crippen molar-refractivity contribution in [1.29, 1.82) is 0 Å². The van der Waals surface area contributed by atoms with Gasteiger partial charge in [-0.2, -0.15) is 0 Å². The highest BCUT2D eigenvalue weighted by Gasteiger charge is 2.23. The number of amides is 1. The zero-order valence-corrected chi connectivity index (χ0v) is 17.1. The van der Waals surface area contributed by atoms with E-state index in [0.29, 0.717) is 18.7 Å². The maximum absolute atomic E-state index is 12.8. The van der Waals surface area contributed by atoms with Gasteiger partial charge in [0.05, 0.1) is 12.6 Å². The van der Waals surface area contributed by atoms with Crippen molar-refractivity contribution in [3.05, 3.63) is 65.2 Å². The van der Waals surface area contributed by atoms with E-state index in [1.54, 1.807) is 0 Å². The molecule has 1 heterocycles. The van der Waals surface area contributed by atoms with Gasteiger partial charge in [0, 0.05) is 12.1 Å². The molecule has 4 nitrogen and oxygen atoms in total. The number of ether oxygens (including phenoxy) is 1. The smallest absolute Gasteiger partial charge is 0.251 e. The summed E-state index contributed by atoms with van der Waals surface area (Å²) in [7, 11) is 0. The Morgan fingerprint density at radius 2 is 1.86 bits per heavy atom. The van der Waals surface area contributed by atoms with Gasteiger partial charge < -0.3 is 10.1 Å². The van der Waals surface area contributed by atoms with Gasteiger partial charge in [-0.15, -0.1) is 0 Å². The van der Waals surface area contributed by atoms with Gasteiger partial charge >= 0.3 is 0 Å².